The number of thiophene rings is 1. The summed E-state index contributed by atoms with van der Waals surface area (Å²) in [6.07, 6.45) is 2.75. The highest BCUT2D eigenvalue weighted by Crippen LogP contribution is 2.23. The molecule has 126 valence electrons. The van der Waals surface area contributed by atoms with Crippen LogP contribution in [0.4, 0.5) is 0 Å². The van der Waals surface area contributed by atoms with Gasteiger partial charge in [0.25, 0.3) is 11.8 Å². The van der Waals surface area contributed by atoms with Gasteiger partial charge in [0.1, 0.15) is 11.5 Å². The summed E-state index contributed by atoms with van der Waals surface area (Å²) in [6.45, 7) is 3.26. The first-order valence-electron chi connectivity index (χ1n) is 8.00. The van der Waals surface area contributed by atoms with E-state index in [1.165, 1.54) is 11.3 Å². The van der Waals surface area contributed by atoms with Gasteiger partial charge in [-0.1, -0.05) is 6.07 Å². The number of primary amides is 1. The molecule has 1 atom stereocenters. The molecular formula is C17H20N4O2S. The first-order chi connectivity index (χ1) is 11.5. The average molecular weight is 344 g/mol. The van der Waals surface area contributed by atoms with Gasteiger partial charge in [-0.25, -0.2) is 9.97 Å². The molecule has 2 aromatic heterocycles. The molecule has 0 aromatic carbocycles. The Bertz CT molecular complexity index is 745. The standard InChI is InChI=1S/C17H20N4O2S/c1-11-19-13(9-14(20-11)16(18)22)8-12-4-2-6-21(10-12)17(23)15-5-3-7-24-15/h3,5,7,9,12H,2,4,6,8,10H2,1H3,(H2,18,22). The molecular weight excluding hydrogens is 324 g/mol. The molecule has 0 saturated carbocycles. The fourth-order valence-electron chi connectivity index (χ4n) is 3.13. The van der Waals surface area contributed by atoms with E-state index in [0.29, 0.717) is 18.3 Å². The van der Waals surface area contributed by atoms with Gasteiger partial charge >= 0.3 is 0 Å². The van der Waals surface area contributed by atoms with E-state index in [0.717, 1.165) is 36.4 Å². The molecule has 2 N–H and O–H groups in total. The third-order valence-corrected chi connectivity index (χ3v) is 5.04. The number of nitrogens with two attached hydrogens (primary N) is 1. The minimum absolute atomic E-state index is 0.103. The minimum atomic E-state index is -0.542. The Morgan fingerprint density at radius 1 is 1.42 bits per heavy atom. The second kappa shape index (κ2) is 7.09. The van der Waals surface area contributed by atoms with Gasteiger partial charge < -0.3 is 10.6 Å². The Morgan fingerprint density at radius 3 is 2.96 bits per heavy atom. The molecule has 3 rings (SSSR count). The SMILES string of the molecule is Cc1nc(CC2CCCN(C(=O)c3cccs3)C2)cc(C(N)=O)n1. The minimum Gasteiger partial charge on any atom is -0.364 e. The van der Waals surface area contributed by atoms with E-state index in [2.05, 4.69) is 9.97 Å². The molecule has 1 fully saturated rings. The van der Waals surface area contributed by atoms with Crippen molar-refractivity contribution < 1.29 is 9.59 Å². The molecule has 1 unspecified atom stereocenters. The van der Waals surface area contributed by atoms with Gasteiger partial charge in [0.2, 0.25) is 0 Å². The smallest absolute Gasteiger partial charge is 0.267 e. The van der Waals surface area contributed by atoms with Crippen molar-refractivity contribution in [2.24, 2.45) is 11.7 Å². The number of piperidine rings is 1. The highest BCUT2D eigenvalue weighted by atomic mass is 32.1. The van der Waals surface area contributed by atoms with Gasteiger partial charge in [-0.3, -0.25) is 9.59 Å². The molecule has 1 aliphatic heterocycles. The summed E-state index contributed by atoms with van der Waals surface area (Å²) < 4.78 is 0. The summed E-state index contributed by atoms with van der Waals surface area (Å²) in [5.74, 6) is 0.438. The number of carbonyl (C=O) groups excluding carboxylic acids is 2. The highest BCUT2D eigenvalue weighted by Gasteiger charge is 2.25. The van der Waals surface area contributed by atoms with Crippen LogP contribution >= 0.6 is 11.3 Å². The lowest BCUT2D eigenvalue weighted by Crippen LogP contribution is -2.40. The van der Waals surface area contributed by atoms with E-state index in [4.69, 9.17) is 5.73 Å². The number of amides is 2. The monoisotopic (exact) mass is 344 g/mol. The lowest BCUT2D eigenvalue weighted by molar-refractivity contribution is 0.0677. The first-order valence-corrected chi connectivity index (χ1v) is 8.88. The maximum Gasteiger partial charge on any atom is 0.267 e. The topological polar surface area (TPSA) is 89.2 Å². The molecule has 6 nitrogen and oxygen atoms in total. The molecule has 0 spiro atoms. The summed E-state index contributed by atoms with van der Waals surface area (Å²) >= 11 is 1.47. The Morgan fingerprint density at radius 2 is 2.25 bits per heavy atom. The van der Waals surface area contributed by atoms with E-state index in [1.54, 1.807) is 13.0 Å². The van der Waals surface area contributed by atoms with E-state index >= 15 is 0 Å². The van der Waals surface area contributed by atoms with Crippen molar-refractivity contribution in [1.82, 2.24) is 14.9 Å². The zero-order valence-corrected chi connectivity index (χ0v) is 14.4. The van der Waals surface area contributed by atoms with Crippen molar-refractivity contribution in [1.29, 1.82) is 0 Å². The second-order valence-corrected chi connectivity index (χ2v) is 7.04. The fraction of sp³-hybridized carbons (Fsp3) is 0.412. The van der Waals surface area contributed by atoms with Gasteiger partial charge in [-0.2, -0.15) is 0 Å². The predicted octanol–water partition coefficient (Wildman–Crippen LogP) is 2.04. The van der Waals surface area contributed by atoms with Crippen molar-refractivity contribution >= 4 is 23.2 Å². The Hall–Kier alpha value is -2.28. The van der Waals surface area contributed by atoms with Gasteiger partial charge in [0.15, 0.2) is 0 Å². The molecule has 1 saturated heterocycles. The van der Waals surface area contributed by atoms with Gasteiger partial charge in [0.05, 0.1) is 4.88 Å². The van der Waals surface area contributed by atoms with E-state index in [1.807, 2.05) is 22.4 Å². The van der Waals surface area contributed by atoms with Crippen LogP contribution in [0.5, 0.6) is 0 Å². The van der Waals surface area contributed by atoms with Crippen LogP contribution in [-0.2, 0) is 6.42 Å². The number of likely N-dealkylation sites (tertiary alicyclic amines) is 1. The fourth-order valence-corrected chi connectivity index (χ4v) is 3.82. The third kappa shape index (κ3) is 3.79. The molecule has 0 bridgehead atoms. The Balaban J connectivity index is 1.69. The number of carbonyl (C=O) groups is 2. The van der Waals surface area contributed by atoms with E-state index in [9.17, 15) is 9.59 Å². The molecule has 2 aromatic rings. The molecule has 2 amide bonds. The zero-order valence-electron chi connectivity index (χ0n) is 13.6. The van der Waals surface area contributed by atoms with E-state index in [-0.39, 0.29) is 11.6 Å². The van der Waals surface area contributed by atoms with Crippen LogP contribution in [0, 0.1) is 12.8 Å². The predicted molar refractivity (Wildman–Crippen MR) is 91.9 cm³/mol. The van der Waals surface area contributed by atoms with Crippen LogP contribution in [-0.4, -0.2) is 39.8 Å². The number of hydrogen-bond acceptors (Lipinski definition) is 5. The van der Waals surface area contributed by atoms with Crippen molar-refractivity contribution in [2.75, 3.05) is 13.1 Å². The summed E-state index contributed by atoms with van der Waals surface area (Å²) in [5.41, 5.74) is 6.38. The second-order valence-electron chi connectivity index (χ2n) is 6.10. The molecule has 7 heteroatoms. The number of aryl methyl sites for hydroxylation is 1. The van der Waals surface area contributed by atoms with Crippen LogP contribution in [0.3, 0.4) is 0 Å². The van der Waals surface area contributed by atoms with Crippen LogP contribution in [0.1, 0.15) is 44.5 Å². The van der Waals surface area contributed by atoms with E-state index < -0.39 is 5.91 Å². The maximum absolute atomic E-state index is 12.5. The van der Waals surface area contributed by atoms with Gasteiger partial charge in [-0.05, 0) is 49.6 Å². The highest BCUT2D eigenvalue weighted by molar-refractivity contribution is 7.12. The normalized spacial score (nSPS) is 17.7. The van der Waals surface area contributed by atoms with Crippen molar-refractivity contribution in [2.45, 2.75) is 26.2 Å². The Kier molecular flexibility index (Phi) is 4.89. The van der Waals surface area contributed by atoms with Crippen LogP contribution < -0.4 is 5.73 Å². The van der Waals surface area contributed by atoms with Crippen molar-refractivity contribution in [3.05, 3.63) is 45.7 Å². The van der Waals surface area contributed by atoms with Gasteiger partial charge in [-0.15, -0.1) is 11.3 Å². The summed E-state index contributed by atoms with van der Waals surface area (Å²) in [4.78, 5) is 35.0. The molecule has 3 heterocycles. The van der Waals surface area contributed by atoms with Crippen molar-refractivity contribution in [3.8, 4) is 0 Å². The lowest BCUT2D eigenvalue weighted by Gasteiger charge is -2.32. The summed E-state index contributed by atoms with van der Waals surface area (Å²) in [6, 6.07) is 5.42. The molecule has 1 aliphatic rings. The third-order valence-electron chi connectivity index (χ3n) is 4.18. The van der Waals surface area contributed by atoms with Crippen LogP contribution in [0.2, 0.25) is 0 Å². The Labute approximate surface area is 144 Å². The average Bonchev–Trinajstić information content (AvgIpc) is 3.08. The first kappa shape index (κ1) is 16.6. The van der Waals surface area contributed by atoms with Crippen LogP contribution in [0.15, 0.2) is 23.6 Å². The molecule has 24 heavy (non-hydrogen) atoms. The number of nitrogens with zero attached hydrogens (tertiary/aromatic N) is 3. The largest absolute Gasteiger partial charge is 0.364 e. The number of rotatable bonds is 4. The summed E-state index contributed by atoms with van der Waals surface area (Å²) in [7, 11) is 0. The zero-order chi connectivity index (χ0) is 17.1. The van der Waals surface area contributed by atoms with Gasteiger partial charge in [0, 0.05) is 18.8 Å². The summed E-state index contributed by atoms with van der Waals surface area (Å²) in [5, 5.41) is 1.92. The number of hydrogen-bond donors (Lipinski definition) is 1. The van der Waals surface area contributed by atoms with Crippen LogP contribution in [0.25, 0.3) is 0 Å². The van der Waals surface area contributed by atoms with Crippen molar-refractivity contribution in [3.63, 3.8) is 0 Å². The quantitative estimate of drug-likeness (QED) is 0.919. The number of aromatic nitrogens is 2. The maximum atomic E-state index is 12.5. The lowest BCUT2D eigenvalue weighted by atomic mass is 9.93. The molecule has 0 radical (unpaired) electrons. The molecule has 0 aliphatic carbocycles.